The Morgan fingerprint density at radius 1 is 0.833 bits per heavy atom. The zero-order valence-corrected chi connectivity index (χ0v) is 19.6. The lowest BCUT2D eigenvalue weighted by Crippen LogP contribution is -2.41. The molecule has 0 atom stereocenters. The SMILES string of the molecule is O=C(c1c(-c2ccccc2)c(-c2ccccc2)n[nH]c1=O)N1CCC(c2nc3ccccc3[nH]2)CC1. The molecule has 36 heavy (non-hydrogen) atoms. The molecule has 3 aromatic carbocycles. The van der Waals surface area contributed by atoms with E-state index in [1.54, 1.807) is 4.90 Å². The molecule has 1 aliphatic heterocycles. The summed E-state index contributed by atoms with van der Waals surface area (Å²) in [5.74, 6) is 0.935. The second-order valence-corrected chi connectivity index (χ2v) is 9.09. The van der Waals surface area contributed by atoms with Crippen LogP contribution in [0, 0.1) is 0 Å². The van der Waals surface area contributed by atoms with E-state index < -0.39 is 5.56 Å². The van der Waals surface area contributed by atoms with Crippen molar-refractivity contribution in [3.63, 3.8) is 0 Å². The third-order valence-electron chi connectivity index (χ3n) is 6.88. The van der Waals surface area contributed by atoms with Crippen molar-refractivity contribution in [1.29, 1.82) is 0 Å². The van der Waals surface area contributed by atoms with Gasteiger partial charge in [0.05, 0.1) is 16.7 Å². The number of benzene rings is 3. The smallest absolute Gasteiger partial charge is 0.277 e. The van der Waals surface area contributed by atoms with Gasteiger partial charge < -0.3 is 9.88 Å². The summed E-state index contributed by atoms with van der Waals surface area (Å²) in [6, 6.07) is 27.2. The highest BCUT2D eigenvalue weighted by atomic mass is 16.2. The summed E-state index contributed by atoms with van der Waals surface area (Å²) >= 11 is 0. The first-order valence-electron chi connectivity index (χ1n) is 12.2. The number of rotatable bonds is 4. The minimum atomic E-state index is -0.474. The Bertz CT molecular complexity index is 1550. The molecule has 0 spiro atoms. The molecule has 0 bridgehead atoms. The molecular weight excluding hydrogens is 450 g/mol. The molecule has 7 nitrogen and oxygen atoms in total. The van der Waals surface area contributed by atoms with E-state index in [4.69, 9.17) is 4.98 Å². The molecule has 0 aliphatic carbocycles. The Hall–Kier alpha value is -4.52. The Labute approximate surface area is 207 Å². The summed E-state index contributed by atoms with van der Waals surface area (Å²) in [4.78, 5) is 36.9. The Balaban J connectivity index is 1.33. The fraction of sp³-hybridized carbons (Fsp3) is 0.172. The van der Waals surface area contributed by atoms with Crippen molar-refractivity contribution in [2.45, 2.75) is 18.8 Å². The highest BCUT2D eigenvalue weighted by Gasteiger charge is 2.30. The van der Waals surface area contributed by atoms with Gasteiger partial charge in [0.25, 0.3) is 11.5 Å². The summed E-state index contributed by atoms with van der Waals surface area (Å²) in [5, 5.41) is 6.94. The number of hydrogen-bond acceptors (Lipinski definition) is 4. The van der Waals surface area contributed by atoms with Gasteiger partial charge in [0.1, 0.15) is 11.4 Å². The van der Waals surface area contributed by atoms with Gasteiger partial charge in [0.15, 0.2) is 0 Å². The van der Waals surface area contributed by atoms with E-state index in [-0.39, 0.29) is 17.4 Å². The van der Waals surface area contributed by atoms with Gasteiger partial charge in [-0.2, -0.15) is 5.10 Å². The molecule has 178 valence electrons. The van der Waals surface area contributed by atoms with Crippen LogP contribution in [-0.4, -0.2) is 44.1 Å². The molecule has 0 unspecified atom stereocenters. The van der Waals surface area contributed by atoms with Gasteiger partial charge in [-0.15, -0.1) is 0 Å². The fourth-order valence-electron chi connectivity index (χ4n) is 5.03. The van der Waals surface area contributed by atoms with Gasteiger partial charge >= 0.3 is 0 Å². The average molecular weight is 476 g/mol. The summed E-state index contributed by atoms with van der Waals surface area (Å²) < 4.78 is 0. The molecule has 7 heteroatoms. The number of fused-ring (bicyclic) bond motifs is 1. The van der Waals surface area contributed by atoms with E-state index in [9.17, 15) is 9.59 Å². The number of H-pyrrole nitrogens is 2. The van der Waals surface area contributed by atoms with Crippen LogP contribution in [0.5, 0.6) is 0 Å². The minimum Gasteiger partial charge on any atom is -0.342 e. The Kier molecular flexibility index (Phi) is 5.65. The largest absolute Gasteiger partial charge is 0.342 e. The second-order valence-electron chi connectivity index (χ2n) is 9.09. The van der Waals surface area contributed by atoms with E-state index in [1.807, 2.05) is 84.9 Å². The lowest BCUT2D eigenvalue weighted by molar-refractivity contribution is 0.0710. The summed E-state index contributed by atoms with van der Waals surface area (Å²) in [6.07, 6.45) is 1.56. The molecule has 1 aliphatic rings. The molecule has 0 saturated carbocycles. The van der Waals surface area contributed by atoms with E-state index in [1.165, 1.54) is 0 Å². The van der Waals surface area contributed by atoms with Crippen molar-refractivity contribution in [3.8, 4) is 22.4 Å². The van der Waals surface area contributed by atoms with Crippen LogP contribution in [0.4, 0.5) is 0 Å². The Morgan fingerprint density at radius 3 is 2.17 bits per heavy atom. The number of aromatic amines is 2. The Morgan fingerprint density at radius 2 is 1.47 bits per heavy atom. The highest BCUT2D eigenvalue weighted by Crippen LogP contribution is 2.33. The first kappa shape index (κ1) is 22.0. The molecule has 5 aromatic rings. The number of nitrogens with zero attached hydrogens (tertiary/aromatic N) is 3. The van der Waals surface area contributed by atoms with Gasteiger partial charge in [-0.25, -0.2) is 10.1 Å². The van der Waals surface area contributed by atoms with Crippen LogP contribution < -0.4 is 5.56 Å². The van der Waals surface area contributed by atoms with Crippen LogP contribution in [0.15, 0.2) is 89.7 Å². The van der Waals surface area contributed by atoms with Crippen LogP contribution in [0.2, 0.25) is 0 Å². The van der Waals surface area contributed by atoms with E-state index in [0.717, 1.165) is 40.8 Å². The molecule has 3 heterocycles. The number of hydrogen-bond donors (Lipinski definition) is 2. The number of carbonyl (C=O) groups excluding carboxylic acids is 1. The fourth-order valence-corrected chi connectivity index (χ4v) is 5.03. The molecule has 1 fully saturated rings. The first-order valence-corrected chi connectivity index (χ1v) is 12.2. The predicted molar refractivity (Wildman–Crippen MR) is 140 cm³/mol. The molecule has 1 saturated heterocycles. The predicted octanol–water partition coefficient (Wildman–Crippen LogP) is 5.00. The lowest BCUT2D eigenvalue weighted by Gasteiger charge is -2.31. The van der Waals surface area contributed by atoms with Crippen LogP contribution in [0.25, 0.3) is 33.4 Å². The number of para-hydroxylation sites is 2. The summed E-state index contributed by atoms with van der Waals surface area (Å²) in [5.41, 5.74) is 4.42. The lowest BCUT2D eigenvalue weighted by atomic mass is 9.93. The van der Waals surface area contributed by atoms with Crippen LogP contribution >= 0.6 is 0 Å². The van der Waals surface area contributed by atoms with Gasteiger partial charge in [-0.1, -0.05) is 72.8 Å². The summed E-state index contributed by atoms with van der Waals surface area (Å²) in [7, 11) is 0. The first-order chi connectivity index (χ1) is 17.7. The van der Waals surface area contributed by atoms with Gasteiger partial charge in [0, 0.05) is 30.1 Å². The van der Waals surface area contributed by atoms with Crippen LogP contribution in [-0.2, 0) is 0 Å². The van der Waals surface area contributed by atoms with Gasteiger partial charge in [0.2, 0.25) is 0 Å². The number of nitrogens with one attached hydrogen (secondary N) is 2. The third kappa shape index (κ3) is 3.98. The maximum atomic E-state index is 13.8. The molecule has 2 N–H and O–H groups in total. The molecular formula is C29H25N5O2. The number of imidazole rings is 1. The maximum Gasteiger partial charge on any atom is 0.277 e. The van der Waals surface area contributed by atoms with E-state index >= 15 is 0 Å². The van der Waals surface area contributed by atoms with Gasteiger partial charge in [-0.3, -0.25) is 9.59 Å². The summed E-state index contributed by atoms with van der Waals surface area (Å²) in [6.45, 7) is 1.11. The van der Waals surface area contributed by atoms with Crippen molar-refractivity contribution >= 4 is 16.9 Å². The quantitative estimate of drug-likeness (QED) is 0.382. The third-order valence-corrected chi connectivity index (χ3v) is 6.88. The number of aromatic nitrogens is 4. The van der Waals surface area contributed by atoms with E-state index in [2.05, 4.69) is 15.2 Å². The topological polar surface area (TPSA) is 94.7 Å². The average Bonchev–Trinajstić information content (AvgIpc) is 3.38. The van der Waals surface area contributed by atoms with Crippen molar-refractivity contribution in [2.75, 3.05) is 13.1 Å². The molecule has 2 aromatic heterocycles. The molecule has 0 radical (unpaired) electrons. The monoisotopic (exact) mass is 475 g/mol. The van der Waals surface area contributed by atoms with Crippen LogP contribution in [0.3, 0.4) is 0 Å². The zero-order valence-electron chi connectivity index (χ0n) is 19.6. The van der Waals surface area contributed by atoms with Crippen LogP contribution in [0.1, 0.15) is 34.9 Å². The van der Waals surface area contributed by atoms with Crippen molar-refractivity contribution in [1.82, 2.24) is 25.1 Å². The van der Waals surface area contributed by atoms with Crippen molar-refractivity contribution in [2.24, 2.45) is 0 Å². The standard InChI is InChI=1S/C29H25N5O2/c35-28-25(24(19-9-3-1-4-10-19)26(32-33-28)20-11-5-2-6-12-20)29(36)34-17-15-21(16-18-34)27-30-22-13-7-8-14-23(22)31-27/h1-14,21H,15-18H2,(H,30,31)(H,33,35). The minimum absolute atomic E-state index is 0.136. The number of piperidine rings is 1. The van der Waals surface area contributed by atoms with Crippen molar-refractivity contribution < 1.29 is 4.79 Å². The molecule has 1 amide bonds. The molecule has 6 rings (SSSR count). The second kappa shape index (κ2) is 9.26. The van der Waals surface area contributed by atoms with Gasteiger partial charge in [-0.05, 0) is 30.5 Å². The van der Waals surface area contributed by atoms with Crippen molar-refractivity contribution in [3.05, 3.63) is 107 Å². The number of likely N-dealkylation sites (tertiary alicyclic amines) is 1. The number of carbonyl (C=O) groups is 1. The normalized spacial score (nSPS) is 14.3. The zero-order chi connectivity index (χ0) is 24.5. The van der Waals surface area contributed by atoms with E-state index in [0.29, 0.717) is 24.3 Å². The maximum absolute atomic E-state index is 13.8. The highest BCUT2D eigenvalue weighted by molar-refractivity contribution is 6.03. The number of amides is 1.